The van der Waals surface area contributed by atoms with Crippen molar-refractivity contribution in [2.45, 2.75) is 22.2 Å². The van der Waals surface area contributed by atoms with Crippen LogP contribution < -0.4 is 0 Å². The minimum absolute atomic E-state index is 0.914. The summed E-state index contributed by atoms with van der Waals surface area (Å²) in [6.45, 7) is 0. The molecule has 0 spiro atoms. The third-order valence-electron chi connectivity index (χ3n) is 26.3. The van der Waals surface area contributed by atoms with Crippen LogP contribution in [0.1, 0.15) is 26.3 Å². The molecule has 0 fully saturated rings. The lowest BCUT2D eigenvalue weighted by molar-refractivity contribution is 0.669. The van der Waals surface area contributed by atoms with Crippen molar-refractivity contribution in [2.75, 3.05) is 0 Å². The minimum Gasteiger partial charge on any atom is -0.456 e. The molecule has 0 bridgehead atoms. The molecule has 0 unspecified atom stereocenters. The molecule has 27 rings (SSSR count). The van der Waals surface area contributed by atoms with E-state index in [1.54, 1.807) is 0 Å². The second kappa shape index (κ2) is 32.7. The maximum absolute atomic E-state index is 6.49. The van der Waals surface area contributed by atoms with Gasteiger partial charge >= 0.3 is 0 Å². The van der Waals surface area contributed by atoms with Gasteiger partial charge in [-0.3, -0.25) is 0 Å². The molecule has 0 aliphatic carbocycles. The van der Waals surface area contributed by atoms with Crippen molar-refractivity contribution in [2.24, 2.45) is 0 Å². The maximum atomic E-state index is 6.49. The number of hydrogen-bond donors (Lipinski definition) is 0. The molecule has 614 valence electrons. The first kappa shape index (κ1) is 75.8. The third kappa shape index (κ3) is 13.1. The first-order valence-corrected chi connectivity index (χ1v) is 43.7. The molecule has 3 heteroatoms. The van der Waals surface area contributed by atoms with Crippen molar-refractivity contribution >= 4 is 174 Å². The smallest absolute Gasteiger partial charge is 0.136 e. The largest absolute Gasteiger partial charge is 0.456 e. The first-order chi connectivity index (χ1) is 66.0. The Bertz CT molecular complexity index is 8990. The van der Waals surface area contributed by atoms with E-state index in [4.69, 9.17) is 17.4 Å². The summed E-state index contributed by atoms with van der Waals surface area (Å²) in [5, 5.41) is 31.9. The predicted molar refractivity (Wildman–Crippen MR) is 560 cm³/mol. The van der Waals surface area contributed by atoms with Crippen molar-refractivity contribution in [3.05, 3.63) is 461 Å². The van der Waals surface area contributed by atoms with Gasteiger partial charge in [0.05, 0.1) is 0 Å². The van der Waals surface area contributed by atoms with E-state index in [1.807, 2.05) is 0 Å². The average Bonchev–Trinajstić information content (AvgIpc) is 1.68. The number of hydrogen-bond acceptors (Lipinski definition) is 3. The van der Waals surface area contributed by atoms with Gasteiger partial charge in [0, 0.05) is 36.4 Å². The van der Waals surface area contributed by atoms with Gasteiger partial charge in [0.1, 0.15) is 33.5 Å². The van der Waals surface area contributed by atoms with E-state index >= 15 is 0 Å². The van der Waals surface area contributed by atoms with Gasteiger partial charge in [0.15, 0.2) is 0 Å². The van der Waals surface area contributed by atoms with Crippen LogP contribution in [0.5, 0.6) is 0 Å². The van der Waals surface area contributed by atoms with E-state index < -0.39 is 0 Å². The predicted octanol–water partition coefficient (Wildman–Crippen LogP) is 37.5. The lowest BCUT2D eigenvalue weighted by Gasteiger charge is -2.19. The molecule has 0 radical (unpaired) electrons. The molecule has 3 nitrogen and oxygen atoms in total. The van der Waals surface area contributed by atoms with Crippen LogP contribution in [0.2, 0.25) is 0 Å². The van der Waals surface area contributed by atoms with Crippen molar-refractivity contribution in [3.63, 3.8) is 0 Å². The van der Waals surface area contributed by atoms with Crippen LogP contribution in [0.15, 0.2) is 474 Å². The molecular weight excluding hydrogens is 1570 g/mol. The Labute approximate surface area is 758 Å². The summed E-state index contributed by atoms with van der Waals surface area (Å²) in [6.07, 6.45) is 0. The highest BCUT2D eigenvalue weighted by molar-refractivity contribution is 6.29. The fourth-order valence-corrected chi connectivity index (χ4v) is 20.7. The zero-order chi connectivity index (χ0) is 89.6. The fourth-order valence-electron chi connectivity index (χ4n) is 20.7. The summed E-state index contributed by atoms with van der Waals surface area (Å²) >= 11 is 0. The zero-order valence-electron chi connectivity index (χ0n) is 75.1. The van der Waals surface area contributed by atoms with Crippen LogP contribution in [0.3, 0.4) is 0 Å². The molecule has 0 saturated heterocycles. The molecule has 0 aliphatic rings. The summed E-state index contributed by atoms with van der Waals surface area (Å²) in [4.78, 5) is 0. The lowest BCUT2D eigenvalue weighted by atomic mass is 9.83. The van der Waals surface area contributed by atoms with Gasteiger partial charge in [0.2, 0.25) is 0 Å². The van der Waals surface area contributed by atoms with E-state index in [0.717, 1.165) is 55.2 Å². The Hall–Kier alpha value is -16.7. The van der Waals surface area contributed by atoms with Gasteiger partial charge < -0.3 is 13.3 Å². The molecule has 24 aromatic carbocycles. The normalized spacial score (nSPS) is 11.7. The first-order valence-electron chi connectivity index (χ1n) is 46.7. The Morgan fingerprint density at radius 2 is 0.385 bits per heavy atom. The van der Waals surface area contributed by atoms with E-state index in [0.29, 0.717) is 0 Å². The molecule has 3 heterocycles. The summed E-state index contributed by atoms with van der Waals surface area (Å²) in [6, 6.07) is 166. The minimum atomic E-state index is 0.914. The van der Waals surface area contributed by atoms with Gasteiger partial charge in [-0.15, -0.1) is 0 Å². The highest BCUT2D eigenvalue weighted by Crippen LogP contribution is 2.52. The van der Waals surface area contributed by atoms with E-state index in [2.05, 4.69) is 461 Å². The van der Waals surface area contributed by atoms with Gasteiger partial charge in [-0.25, -0.2) is 0 Å². The molecule has 0 N–H and O–H groups in total. The fraction of sp³-hybridized carbons (Fsp3) is 0.0236. The van der Waals surface area contributed by atoms with Crippen LogP contribution >= 0.6 is 0 Å². The van der Waals surface area contributed by atoms with Crippen molar-refractivity contribution in [3.8, 4) is 89.0 Å². The lowest BCUT2D eigenvalue weighted by Crippen LogP contribution is -1.92. The van der Waals surface area contributed by atoms with E-state index in [1.165, 1.54) is 230 Å². The molecule has 0 amide bonds. The number of furan rings is 3. The summed E-state index contributed by atoms with van der Waals surface area (Å²) in [7, 11) is 3.75. The van der Waals surface area contributed by atoms with Gasteiger partial charge in [-0.2, -0.15) is 0 Å². The summed E-state index contributed by atoms with van der Waals surface area (Å²) in [5.41, 5.74) is 25.3. The second-order valence-electron chi connectivity index (χ2n) is 33.4. The van der Waals surface area contributed by atoms with Crippen LogP contribution in [0, 0.1) is 0 Å². The Morgan fingerprint density at radius 1 is 0.131 bits per heavy atom. The Balaban J connectivity index is 0.000000113. The van der Waals surface area contributed by atoms with Crippen molar-refractivity contribution in [1.29, 1.82) is 0 Å². The van der Waals surface area contributed by atoms with Crippen LogP contribution in [-0.4, -0.2) is 0 Å². The quantitative estimate of drug-likeness (QED) is 0.142. The number of benzene rings is 24. The van der Waals surface area contributed by atoms with Crippen LogP contribution in [-0.2, 0) is 0 Å². The molecule has 0 saturated carbocycles. The number of fused-ring (bicyclic) bond motifs is 22. The van der Waals surface area contributed by atoms with Gasteiger partial charge in [-0.05, 0) is 257 Å². The highest BCUT2D eigenvalue weighted by atomic mass is 16.3. The molecule has 130 heavy (non-hydrogen) atoms. The summed E-state index contributed by atoms with van der Waals surface area (Å²) in [5.74, 6) is 0. The topological polar surface area (TPSA) is 39.4 Å². The standard InChI is InChI=1S/2C42H26O.C40H24O.3CH4/c1-2-10-27(11-3-1)28-18-20-30(21-19-28)40-33-14-6-8-16-35(33)41(36-17-9-7-15-34(36)40)31-22-24-37-39(26-31)43-38-25-23-29-12-4-5-13-32(29)42(37)38;1-2-12-27(13-3-1)30-15-6-7-17-32(30)41-35-20-10-8-18-33(35)40(34-19-9-11-21-36(34)41)29-23-24-38-37(26-29)42-31-16-5-4-14-28(31)22-25-39(42)43-38;1-2-11-27-23-28(18-17-25(27)9-1)38-31-13-5-7-15-33(31)39(34-16-8-6-14-32(34)38)29-20-21-36-35(24-29)40-30-12-4-3-10-26(30)19-22-37(40)41-36;;;/h2*1-26H;1-24H;3*1H4/i;;;3*1D. The van der Waals surface area contributed by atoms with Crippen LogP contribution in [0.25, 0.3) is 263 Å². The summed E-state index contributed by atoms with van der Waals surface area (Å²) < 4.78 is 36.4. The van der Waals surface area contributed by atoms with Crippen LogP contribution in [0.4, 0.5) is 0 Å². The highest BCUT2D eigenvalue weighted by Gasteiger charge is 2.25. The SMILES string of the molecule is [2H]C.[2H]C.[2H]C.c1ccc(-c2ccc(-c3c4ccccc4c(-c4ccc5c(c4)oc4ccc6ccccc6c45)c4ccccc34)cc2)cc1.c1ccc(-c2ccccc2-c2c3ccccc3c(-c3ccc4oc5ccc6ccccc6c5c4c3)c3ccccc23)cc1.c1ccc2cc(-c3c4ccccc4c(-c4ccc5oc6ccc7ccccc7c6c5c4)c4ccccc34)ccc2c1. The second-order valence-corrected chi connectivity index (χ2v) is 33.4. The van der Waals surface area contributed by atoms with Crippen molar-refractivity contribution in [1.82, 2.24) is 0 Å². The van der Waals surface area contributed by atoms with E-state index in [-0.39, 0.29) is 0 Å². The van der Waals surface area contributed by atoms with Gasteiger partial charge in [0.25, 0.3) is 0 Å². The maximum Gasteiger partial charge on any atom is 0.136 e. The molecule has 27 aromatic rings. The number of rotatable bonds is 8. The molecule has 0 atom stereocenters. The monoisotopic (exact) mass is 1660 g/mol. The van der Waals surface area contributed by atoms with Gasteiger partial charge in [-0.1, -0.05) is 423 Å². The van der Waals surface area contributed by atoms with E-state index in [9.17, 15) is 0 Å². The average molecular weight is 1670 g/mol. The Morgan fingerprint density at radius 3 is 0.800 bits per heavy atom. The molecule has 3 aromatic heterocycles. The third-order valence-corrected chi connectivity index (χ3v) is 26.3. The molecule has 0 aliphatic heterocycles. The Kier molecular flexibility index (Phi) is 19.0. The van der Waals surface area contributed by atoms with Crippen molar-refractivity contribution < 1.29 is 17.4 Å². The molecular formula is C127H88O3. The zero-order valence-corrected chi connectivity index (χ0v) is 72.1.